The quantitative estimate of drug-likeness (QED) is 0.886. The van der Waals surface area contributed by atoms with Gasteiger partial charge in [-0.05, 0) is 26.8 Å². The molecule has 2 N–H and O–H groups in total. The summed E-state index contributed by atoms with van der Waals surface area (Å²) in [6.07, 6.45) is 1.80. The molecule has 1 aromatic rings. The molecule has 0 aliphatic carbocycles. The van der Waals surface area contributed by atoms with Crippen molar-refractivity contribution in [3.05, 3.63) is 24.3 Å². The molecule has 6 nitrogen and oxygen atoms in total. The number of carbonyl (C=O) groups is 2. The fourth-order valence-electron chi connectivity index (χ4n) is 1.28. The number of nitrogens with one attached hydrogen (secondary N) is 2. The lowest BCUT2D eigenvalue weighted by atomic mass is 10.2. The van der Waals surface area contributed by atoms with Gasteiger partial charge in [0.25, 0.3) is 0 Å². The molecule has 1 heterocycles. The largest absolute Gasteiger partial charge is 0.444 e. The number of hydrogen-bond donors (Lipinski definition) is 2. The van der Waals surface area contributed by atoms with Gasteiger partial charge in [0.15, 0.2) is 5.82 Å². The molecule has 0 aliphatic heterocycles. The van der Waals surface area contributed by atoms with Gasteiger partial charge in [-0.25, -0.2) is 9.18 Å². The summed E-state index contributed by atoms with van der Waals surface area (Å²) in [5.41, 5.74) is -0.533. The first-order chi connectivity index (χ1) is 9.28. The molecule has 0 saturated carbocycles. The van der Waals surface area contributed by atoms with Crippen LogP contribution in [0, 0.1) is 5.82 Å². The van der Waals surface area contributed by atoms with Crippen molar-refractivity contribution in [2.75, 3.05) is 11.9 Å². The predicted molar refractivity (Wildman–Crippen MR) is 71.7 cm³/mol. The van der Waals surface area contributed by atoms with Crippen molar-refractivity contribution >= 4 is 17.7 Å². The summed E-state index contributed by atoms with van der Waals surface area (Å²) in [5, 5.41) is 4.83. The summed E-state index contributed by atoms with van der Waals surface area (Å²) < 4.78 is 18.2. The van der Waals surface area contributed by atoms with Crippen LogP contribution in [0.1, 0.15) is 27.2 Å². The second-order valence-electron chi connectivity index (χ2n) is 5.08. The highest BCUT2D eigenvalue weighted by Gasteiger charge is 2.16. The van der Waals surface area contributed by atoms with Crippen molar-refractivity contribution < 1.29 is 18.7 Å². The van der Waals surface area contributed by atoms with E-state index in [2.05, 4.69) is 15.6 Å². The number of rotatable bonds is 4. The van der Waals surface area contributed by atoms with Gasteiger partial charge in [0.1, 0.15) is 5.60 Å². The molecule has 0 radical (unpaired) electrons. The van der Waals surface area contributed by atoms with Gasteiger partial charge in [0.05, 0.1) is 11.9 Å². The maximum Gasteiger partial charge on any atom is 0.407 e. The molecule has 1 rings (SSSR count). The number of anilines is 1. The number of ether oxygens (including phenoxy) is 1. The lowest BCUT2D eigenvalue weighted by Crippen LogP contribution is -2.34. The number of halogens is 1. The first-order valence-corrected chi connectivity index (χ1v) is 6.14. The maximum absolute atomic E-state index is 13.2. The number of aromatic nitrogens is 1. The number of amides is 2. The molecule has 7 heteroatoms. The normalized spacial score (nSPS) is 10.8. The van der Waals surface area contributed by atoms with E-state index >= 15 is 0 Å². The average molecular weight is 283 g/mol. The Balaban J connectivity index is 2.31. The van der Waals surface area contributed by atoms with Crippen molar-refractivity contribution in [3.8, 4) is 0 Å². The summed E-state index contributed by atoms with van der Waals surface area (Å²) in [6.45, 7) is 5.33. The Hall–Kier alpha value is -2.18. The fourth-order valence-corrected chi connectivity index (χ4v) is 1.28. The lowest BCUT2D eigenvalue weighted by Gasteiger charge is -2.19. The number of pyridine rings is 1. The van der Waals surface area contributed by atoms with E-state index in [0.717, 1.165) is 6.20 Å². The molecule has 0 bridgehead atoms. The predicted octanol–water partition coefficient (Wildman–Crippen LogP) is 2.07. The Kier molecular flexibility index (Phi) is 5.42. The lowest BCUT2D eigenvalue weighted by molar-refractivity contribution is -0.116. The van der Waals surface area contributed by atoms with Crippen LogP contribution in [0.4, 0.5) is 14.9 Å². The van der Waals surface area contributed by atoms with Crippen LogP contribution in [0.5, 0.6) is 0 Å². The summed E-state index contributed by atoms with van der Waals surface area (Å²) >= 11 is 0. The number of carbonyl (C=O) groups excluding carboxylic acids is 2. The van der Waals surface area contributed by atoms with Crippen LogP contribution in [-0.2, 0) is 9.53 Å². The standard InChI is InChI=1S/C13H18FN3O3/c1-13(2,3)20-12(19)16-7-5-11(18)17-10-4-6-15-8-9(10)14/h4,6,8H,5,7H2,1-3H3,(H,16,19)(H,15,17,18). The Bertz CT molecular complexity index is 486. The molecule has 0 unspecified atom stereocenters. The highest BCUT2D eigenvalue weighted by atomic mass is 19.1. The van der Waals surface area contributed by atoms with Crippen molar-refractivity contribution in [1.29, 1.82) is 0 Å². The van der Waals surface area contributed by atoms with Crippen molar-refractivity contribution in [2.24, 2.45) is 0 Å². The van der Waals surface area contributed by atoms with Gasteiger partial charge in [-0.3, -0.25) is 9.78 Å². The topological polar surface area (TPSA) is 80.3 Å². The fraction of sp³-hybridized carbons (Fsp3) is 0.462. The first kappa shape index (κ1) is 15.9. The van der Waals surface area contributed by atoms with Crippen LogP contribution in [0.15, 0.2) is 18.5 Å². The number of nitrogens with zero attached hydrogens (tertiary/aromatic N) is 1. The molecule has 0 aromatic carbocycles. The molecule has 1 aromatic heterocycles. The molecule has 20 heavy (non-hydrogen) atoms. The highest BCUT2D eigenvalue weighted by molar-refractivity contribution is 5.91. The van der Waals surface area contributed by atoms with E-state index in [-0.39, 0.29) is 18.7 Å². The Labute approximate surface area is 116 Å². The summed E-state index contributed by atoms with van der Waals surface area (Å²) in [5.74, 6) is -1.02. The minimum atomic E-state index is -0.610. The minimum Gasteiger partial charge on any atom is -0.444 e. The van der Waals surface area contributed by atoms with Gasteiger partial charge in [-0.1, -0.05) is 0 Å². The van der Waals surface area contributed by atoms with Crippen LogP contribution >= 0.6 is 0 Å². The van der Waals surface area contributed by atoms with E-state index < -0.39 is 23.4 Å². The molecule has 0 fully saturated rings. The molecule has 110 valence electrons. The highest BCUT2D eigenvalue weighted by Crippen LogP contribution is 2.10. The molecule has 0 spiro atoms. The van der Waals surface area contributed by atoms with Crippen LogP contribution in [0.25, 0.3) is 0 Å². The van der Waals surface area contributed by atoms with E-state index in [1.54, 1.807) is 20.8 Å². The number of alkyl carbamates (subject to hydrolysis) is 1. The van der Waals surface area contributed by atoms with Crippen LogP contribution in [0.2, 0.25) is 0 Å². The van der Waals surface area contributed by atoms with Gasteiger partial charge in [-0.2, -0.15) is 0 Å². The van der Waals surface area contributed by atoms with Gasteiger partial charge in [0.2, 0.25) is 5.91 Å². The third kappa shape index (κ3) is 6.12. The van der Waals surface area contributed by atoms with Crippen LogP contribution in [-0.4, -0.2) is 29.1 Å². The zero-order valence-corrected chi connectivity index (χ0v) is 11.7. The van der Waals surface area contributed by atoms with Crippen LogP contribution < -0.4 is 10.6 Å². The average Bonchev–Trinajstić information content (AvgIpc) is 2.29. The Morgan fingerprint density at radius 2 is 2.10 bits per heavy atom. The molecule has 2 amide bonds. The molecule has 0 saturated heterocycles. The number of hydrogen-bond acceptors (Lipinski definition) is 4. The minimum absolute atomic E-state index is 0.0149. The third-order valence-corrected chi connectivity index (χ3v) is 2.07. The first-order valence-electron chi connectivity index (χ1n) is 6.14. The van der Waals surface area contributed by atoms with E-state index in [1.165, 1.54) is 12.3 Å². The van der Waals surface area contributed by atoms with Gasteiger partial charge < -0.3 is 15.4 Å². The van der Waals surface area contributed by atoms with Gasteiger partial charge >= 0.3 is 6.09 Å². The van der Waals surface area contributed by atoms with Crippen molar-refractivity contribution in [2.45, 2.75) is 32.8 Å². The molecular formula is C13H18FN3O3. The molecule has 0 aliphatic rings. The molecule has 0 atom stereocenters. The second-order valence-corrected chi connectivity index (χ2v) is 5.08. The van der Waals surface area contributed by atoms with Crippen molar-refractivity contribution in [3.63, 3.8) is 0 Å². The zero-order valence-electron chi connectivity index (χ0n) is 11.7. The third-order valence-electron chi connectivity index (χ3n) is 2.07. The van der Waals surface area contributed by atoms with Crippen molar-refractivity contribution in [1.82, 2.24) is 10.3 Å². The Morgan fingerprint density at radius 1 is 1.40 bits per heavy atom. The van der Waals surface area contributed by atoms with E-state index in [9.17, 15) is 14.0 Å². The second kappa shape index (κ2) is 6.83. The maximum atomic E-state index is 13.2. The van der Waals surface area contributed by atoms with E-state index in [0.29, 0.717) is 0 Å². The van der Waals surface area contributed by atoms with E-state index in [1.807, 2.05) is 0 Å². The zero-order chi connectivity index (χ0) is 15.2. The van der Waals surface area contributed by atoms with E-state index in [4.69, 9.17) is 4.74 Å². The van der Waals surface area contributed by atoms with Gasteiger partial charge in [-0.15, -0.1) is 0 Å². The SMILES string of the molecule is CC(C)(C)OC(=O)NCCC(=O)Nc1ccncc1F. The smallest absolute Gasteiger partial charge is 0.407 e. The Morgan fingerprint density at radius 3 is 2.70 bits per heavy atom. The van der Waals surface area contributed by atoms with Gasteiger partial charge in [0, 0.05) is 19.2 Å². The summed E-state index contributed by atoms with van der Waals surface area (Å²) in [6, 6.07) is 1.36. The summed E-state index contributed by atoms with van der Waals surface area (Å²) in [7, 11) is 0. The molecular weight excluding hydrogens is 265 g/mol. The monoisotopic (exact) mass is 283 g/mol. The summed E-state index contributed by atoms with van der Waals surface area (Å²) in [4.78, 5) is 26.4. The van der Waals surface area contributed by atoms with Crippen LogP contribution in [0.3, 0.4) is 0 Å².